The Hall–Kier alpha value is -3.54. The maximum Gasteiger partial charge on any atom is 0.267 e. The Balaban J connectivity index is 1.91. The second-order valence-corrected chi connectivity index (χ2v) is 6.72. The van der Waals surface area contributed by atoms with E-state index < -0.39 is 5.91 Å². The number of fused-ring (bicyclic) bond motifs is 1. The van der Waals surface area contributed by atoms with Crippen LogP contribution in [0.5, 0.6) is 0 Å². The van der Waals surface area contributed by atoms with E-state index in [2.05, 4.69) is 4.98 Å². The number of carbonyl (C=O) groups excluding carboxylic acids is 1. The van der Waals surface area contributed by atoms with Crippen LogP contribution < -0.4 is 10.6 Å². The molecule has 4 rings (SSSR count). The number of amides is 1. The quantitative estimate of drug-likeness (QED) is 0.749. The molecule has 2 aromatic carbocycles. The molecule has 6 nitrogen and oxygen atoms in total. The van der Waals surface area contributed by atoms with Crippen LogP contribution in [0.1, 0.15) is 27.2 Å². The predicted molar refractivity (Wildman–Crippen MR) is 105 cm³/mol. The van der Waals surface area contributed by atoms with Crippen LogP contribution in [0.2, 0.25) is 0 Å². The fourth-order valence-corrected chi connectivity index (χ4v) is 3.20. The number of aryl methyl sites for hydroxylation is 2. The normalized spacial score (nSPS) is 13.0. The lowest BCUT2D eigenvalue weighted by Crippen LogP contribution is -2.21. The van der Waals surface area contributed by atoms with E-state index in [1.54, 1.807) is 4.90 Å². The van der Waals surface area contributed by atoms with Gasteiger partial charge in [0.25, 0.3) is 5.91 Å². The molecule has 1 aliphatic rings. The van der Waals surface area contributed by atoms with Gasteiger partial charge < -0.3 is 5.73 Å². The first-order chi connectivity index (χ1) is 12.9. The van der Waals surface area contributed by atoms with E-state index in [-0.39, 0.29) is 12.1 Å². The number of hydrogen-bond acceptors (Lipinski definition) is 4. The van der Waals surface area contributed by atoms with Gasteiger partial charge in [-0.05, 0) is 26.0 Å². The third kappa shape index (κ3) is 2.95. The van der Waals surface area contributed by atoms with Crippen LogP contribution in [0.25, 0.3) is 11.4 Å². The van der Waals surface area contributed by atoms with E-state index in [0.29, 0.717) is 23.0 Å². The van der Waals surface area contributed by atoms with E-state index in [4.69, 9.17) is 16.1 Å². The first-order valence-corrected chi connectivity index (χ1v) is 8.66. The summed E-state index contributed by atoms with van der Waals surface area (Å²) in [5, 5.41) is 8.43. The van der Waals surface area contributed by atoms with Gasteiger partial charge in [-0.3, -0.25) is 15.1 Å². The zero-order valence-corrected chi connectivity index (χ0v) is 15.2. The molecular weight excluding hydrogens is 338 g/mol. The molecule has 1 amide bonds. The number of hydrogen-bond donors (Lipinski definition) is 2. The molecule has 2 heterocycles. The van der Waals surface area contributed by atoms with Gasteiger partial charge >= 0.3 is 0 Å². The Labute approximate surface area is 157 Å². The second kappa shape index (κ2) is 6.32. The molecule has 0 radical (unpaired) electrons. The molecule has 6 heteroatoms. The molecule has 0 aliphatic carbocycles. The molecule has 0 saturated heterocycles. The van der Waals surface area contributed by atoms with Gasteiger partial charge in [-0.25, -0.2) is 9.97 Å². The van der Waals surface area contributed by atoms with Crippen molar-refractivity contribution in [2.75, 3.05) is 4.90 Å². The highest BCUT2D eigenvalue weighted by Gasteiger charge is 2.32. The van der Waals surface area contributed by atoms with Crippen molar-refractivity contribution in [3.63, 3.8) is 0 Å². The molecule has 27 heavy (non-hydrogen) atoms. The van der Waals surface area contributed by atoms with Crippen LogP contribution >= 0.6 is 0 Å². The van der Waals surface area contributed by atoms with Crippen molar-refractivity contribution < 1.29 is 4.79 Å². The molecular formula is C21H19N5O. The SMILES string of the molecule is Cc1ccc(-c2nc(C(N)=O)c3c(n2)N(c2ccc(C)cc2)C(=N)C3)cc1. The molecule has 0 spiro atoms. The fraction of sp³-hybridized carbons (Fsp3) is 0.143. The van der Waals surface area contributed by atoms with Gasteiger partial charge in [-0.15, -0.1) is 0 Å². The van der Waals surface area contributed by atoms with Crippen LogP contribution in [-0.2, 0) is 6.42 Å². The highest BCUT2D eigenvalue weighted by atomic mass is 16.1. The maximum absolute atomic E-state index is 12.0. The average molecular weight is 357 g/mol. The van der Waals surface area contributed by atoms with Crippen LogP contribution in [-0.4, -0.2) is 21.7 Å². The van der Waals surface area contributed by atoms with Gasteiger partial charge in [0, 0.05) is 23.2 Å². The third-order valence-electron chi connectivity index (χ3n) is 4.65. The molecule has 1 aromatic heterocycles. The molecule has 0 atom stereocenters. The Morgan fingerprint density at radius 1 is 1.00 bits per heavy atom. The molecule has 1 aliphatic heterocycles. The van der Waals surface area contributed by atoms with Crippen molar-refractivity contribution in [2.45, 2.75) is 20.3 Å². The van der Waals surface area contributed by atoms with Crippen molar-refractivity contribution in [2.24, 2.45) is 5.73 Å². The summed E-state index contributed by atoms with van der Waals surface area (Å²) in [6.07, 6.45) is 0.273. The third-order valence-corrected chi connectivity index (χ3v) is 4.65. The van der Waals surface area contributed by atoms with Crippen molar-refractivity contribution in [1.29, 1.82) is 5.41 Å². The van der Waals surface area contributed by atoms with Crippen LogP contribution in [0.3, 0.4) is 0 Å². The number of nitrogens with zero attached hydrogens (tertiary/aromatic N) is 3. The minimum atomic E-state index is -0.611. The Morgan fingerprint density at radius 3 is 2.19 bits per heavy atom. The Morgan fingerprint density at radius 2 is 1.59 bits per heavy atom. The molecule has 0 saturated carbocycles. The largest absolute Gasteiger partial charge is 0.364 e. The Kier molecular flexibility index (Phi) is 3.96. The number of amidine groups is 1. The number of nitrogens with one attached hydrogen (secondary N) is 1. The number of carbonyl (C=O) groups is 1. The van der Waals surface area contributed by atoms with Gasteiger partial charge in [0.1, 0.15) is 17.3 Å². The first-order valence-electron chi connectivity index (χ1n) is 8.66. The molecule has 0 fully saturated rings. The summed E-state index contributed by atoms with van der Waals surface area (Å²) in [5.74, 6) is 0.699. The van der Waals surface area contributed by atoms with Gasteiger partial charge in [0.05, 0.1) is 0 Å². The summed E-state index contributed by atoms with van der Waals surface area (Å²) >= 11 is 0. The highest BCUT2D eigenvalue weighted by molar-refractivity contribution is 6.10. The van der Waals surface area contributed by atoms with Gasteiger partial charge in [-0.2, -0.15) is 0 Å². The number of rotatable bonds is 3. The lowest BCUT2D eigenvalue weighted by atomic mass is 10.1. The summed E-state index contributed by atoms with van der Waals surface area (Å²) in [7, 11) is 0. The predicted octanol–water partition coefficient (Wildman–Crippen LogP) is 3.53. The standard InChI is InChI=1S/C21H19N5O/c1-12-3-7-14(8-4-12)20-24-18(19(23)27)16-11-17(22)26(21(16)25-20)15-9-5-13(2)6-10-15/h3-10,22H,11H2,1-2H3,(H2,23,27). The minimum absolute atomic E-state index is 0.176. The zero-order valence-electron chi connectivity index (χ0n) is 15.2. The number of benzene rings is 2. The van der Waals surface area contributed by atoms with E-state index in [9.17, 15) is 4.79 Å². The first kappa shape index (κ1) is 16.9. The summed E-state index contributed by atoms with van der Waals surface area (Å²) in [5.41, 5.74) is 10.2. The molecule has 3 N–H and O–H groups in total. The molecule has 0 unspecified atom stereocenters. The van der Waals surface area contributed by atoms with Crippen LogP contribution in [0.4, 0.5) is 11.5 Å². The van der Waals surface area contributed by atoms with Crippen molar-refractivity contribution in [3.8, 4) is 11.4 Å². The summed E-state index contributed by atoms with van der Waals surface area (Å²) < 4.78 is 0. The van der Waals surface area contributed by atoms with Crippen molar-refractivity contribution in [1.82, 2.24) is 9.97 Å². The van der Waals surface area contributed by atoms with Gasteiger partial charge in [-0.1, -0.05) is 47.5 Å². The molecule has 0 bridgehead atoms. The Bertz CT molecular complexity index is 1060. The lowest BCUT2D eigenvalue weighted by molar-refractivity contribution is 0.0995. The topological polar surface area (TPSA) is 96.0 Å². The summed E-state index contributed by atoms with van der Waals surface area (Å²) in [6.45, 7) is 4.01. The number of aromatic nitrogens is 2. The minimum Gasteiger partial charge on any atom is -0.364 e. The van der Waals surface area contributed by atoms with Crippen molar-refractivity contribution in [3.05, 3.63) is 70.9 Å². The van der Waals surface area contributed by atoms with Crippen LogP contribution in [0.15, 0.2) is 48.5 Å². The van der Waals surface area contributed by atoms with E-state index >= 15 is 0 Å². The maximum atomic E-state index is 12.0. The van der Waals surface area contributed by atoms with Crippen molar-refractivity contribution >= 4 is 23.2 Å². The monoisotopic (exact) mass is 357 g/mol. The summed E-state index contributed by atoms with van der Waals surface area (Å²) in [6, 6.07) is 15.6. The van der Waals surface area contributed by atoms with E-state index in [1.165, 1.54) is 0 Å². The summed E-state index contributed by atoms with van der Waals surface area (Å²) in [4.78, 5) is 22.9. The fourth-order valence-electron chi connectivity index (χ4n) is 3.20. The molecule has 134 valence electrons. The number of nitrogens with two attached hydrogens (primary N) is 1. The van der Waals surface area contributed by atoms with Gasteiger partial charge in [0.15, 0.2) is 5.82 Å². The number of primary amides is 1. The lowest BCUT2D eigenvalue weighted by Gasteiger charge is -2.19. The smallest absolute Gasteiger partial charge is 0.267 e. The molecule has 3 aromatic rings. The average Bonchev–Trinajstić information content (AvgIpc) is 2.98. The van der Waals surface area contributed by atoms with Gasteiger partial charge in [0.2, 0.25) is 0 Å². The number of anilines is 2. The van der Waals surface area contributed by atoms with Crippen LogP contribution in [0, 0.1) is 19.3 Å². The zero-order chi connectivity index (χ0) is 19.1. The second-order valence-electron chi connectivity index (χ2n) is 6.72. The highest BCUT2D eigenvalue weighted by Crippen LogP contribution is 2.36. The van der Waals surface area contributed by atoms with E-state index in [1.807, 2.05) is 62.4 Å². The van der Waals surface area contributed by atoms with E-state index in [0.717, 1.165) is 22.4 Å².